The van der Waals surface area contributed by atoms with E-state index >= 15 is 0 Å². The fraction of sp³-hybridized carbons (Fsp3) is 0.429. The maximum Gasteiger partial charge on any atom is 0.484 e. The molecule has 11 heavy (non-hydrogen) atoms. The molecule has 0 saturated heterocycles. The molecule has 60 valence electrons. The SMILES string of the molecule is CC1CC(B(O)O)=CC=C1O. The van der Waals surface area contributed by atoms with Gasteiger partial charge in [-0.3, -0.25) is 0 Å². The number of aliphatic hydroxyl groups is 1. The second-order valence-electron chi connectivity index (χ2n) is 2.81. The fourth-order valence-electron chi connectivity index (χ4n) is 1.07. The van der Waals surface area contributed by atoms with Gasteiger partial charge in [0.15, 0.2) is 0 Å². The topological polar surface area (TPSA) is 60.7 Å². The van der Waals surface area contributed by atoms with Crippen LogP contribution in [0.15, 0.2) is 23.4 Å². The van der Waals surface area contributed by atoms with Gasteiger partial charge in [0.05, 0.1) is 5.76 Å². The van der Waals surface area contributed by atoms with Crippen LogP contribution in [0, 0.1) is 5.92 Å². The number of hydrogen-bond donors (Lipinski definition) is 3. The summed E-state index contributed by atoms with van der Waals surface area (Å²) < 4.78 is 0. The van der Waals surface area contributed by atoms with Crippen molar-refractivity contribution in [2.24, 2.45) is 5.92 Å². The van der Waals surface area contributed by atoms with Crippen LogP contribution < -0.4 is 0 Å². The fourth-order valence-corrected chi connectivity index (χ4v) is 1.07. The van der Waals surface area contributed by atoms with Gasteiger partial charge in [0.2, 0.25) is 0 Å². The van der Waals surface area contributed by atoms with Crippen molar-refractivity contribution >= 4 is 7.12 Å². The monoisotopic (exact) mass is 154 g/mol. The minimum absolute atomic E-state index is 0.00296. The second kappa shape index (κ2) is 3.11. The molecule has 1 rings (SSSR count). The Morgan fingerprint density at radius 2 is 2.09 bits per heavy atom. The zero-order valence-corrected chi connectivity index (χ0v) is 6.36. The maximum atomic E-state index is 9.13. The number of hydrogen-bond acceptors (Lipinski definition) is 3. The molecule has 0 aromatic carbocycles. The molecular weight excluding hydrogens is 143 g/mol. The van der Waals surface area contributed by atoms with Gasteiger partial charge in [-0.2, -0.15) is 0 Å². The molecule has 0 radical (unpaired) electrons. The Hall–Kier alpha value is -0.735. The van der Waals surface area contributed by atoms with Crippen molar-refractivity contribution in [1.29, 1.82) is 0 Å². The van der Waals surface area contributed by atoms with E-state index in [0.29, 0.717) is 17.7 Å². The molecule has 3 nitrogen and oxygen atoms in total. The maximum absolute atomic E-state index is 9.13. The number of aliphatic hydroxyl groups excluding tert-OH is 1. The molecule has 0 heterocycles. The molecule has 0 saturated carbocycles. The van der Waals surface area contributed by atoms with Gasteiger partial charge < -0.3 is 15.2 Å². The van der Waals surface area contributed by atoms with Gasteiger partial charge in [-0.1, -0.05) is 13.0 Å². The van der Waals surface area contributed by atoms with Crippen LogP contribution in [0.4, 0.5) is 0 Å². The third-order valence-corrected chi connectivity index (χ3v) is 1.85. The molecule has 0 aliphatic heterocycles. The minimum atomic E-state index is -1.39. The average molecular weight is 154 g/mol. The van der Waals surface area contributed by atoms with Crippen LogP contribution in [0.3, 0.4) is 0 Å². The lowest BCUT2D eigenvalue weighted by Gasteiger charge is -2.16. The third-order valence-electron chi connectivity index (χ3n) is 1.85. The van der Waals surface area contributed by atoms with Crippen molar-refractivity contribution in [2.45, 2.75) is 13.3 Å². The smallest absolute Gasteiger partial charge is 0.484 e. The third kappa shape index (κ3) is 1.85. The largest absolute Gasteiger partial charge is 0.512 e. The van der Waals surface area contributed by atoms with Crippen LogP contribution in [0.1, 0.15) is 13.3 Å². The lowest BCUT2D eigenvalue weighted by molar-refractivity contribution is 0.333. The van der Waals surface area contributed by atoms with Gasteiger partial charge in [0.25, 0.3) is 0 Å². The van der Waals surface area contributed by atoms with Crippen LogP contribution in [-0.2, 0) is 0 Å². The van der Waals surface area contributed by atoms with Crippen molar-refractivity contribution in [3.8, 4) is 0 Å². The number of rotatable bonds is 1. The standard InChI is InChI=1S/C7H11BO3/c1-5-4-6(8(10)11)2-3-7(5)9/h2-3,5,9-11H,4H2,1H3. The quantitative estimate of drug-likeness (QED) is 0.479. The molecule has 0 aromatic heterocycles. The van der Waals surface area contributed by atoms with Crippen molar-refractivity contribution < 1.29 is 15.2 Å². The summed E-state index contributed by atoms with van der Waals surface area (Å²) in [5.74, 6) is 0.297. The predicted molar refractivity (Wildman–Crippen MR) is 42.8 cm³/mol. The van der Waals surface area contributed by atoms with Crippen LogP contribution in [0.25, 0.3) is 0 Å². The molecule has 1 atom stereocenters. The highest BCUT2D eigenvalue weighted by atomic mass is 16.4. The first kappa shape index (κ1) is 8.36. The van der Waals surface area contributed by atoms with E-state index in [9.17, 15) is 0 Å². The number of allylic oxidation sites excluding steroid dienone is 4. The zero-order valence-electron chi connectivity index (χ0n) is 6.36. The van der Waals surface area contributed by atoms with E-state index in [1.165, 1.54) is 6.08 Å². The van der Waals surface area contributed by atoms with Gasteiger partial charge in [0.1, 0.15) is 0 Å². The van der Waals surface area contributed by atoms with Gasteiger partial charge in [-0.15, -0.1) is 0 Å². The normalized spacial score (nSPS) is 24.1. The summed E-state index contributed by atoms with van der Waals surface area (Å²) in [6.45, 7) is 1.83. The molecule has 0 fully saturated rings. The molecule has 0 spiro atoms. The summed E-state index contributed by atoms with van der Waals surface area (Å²) in [7, 11) is -1.39. The van der Waals surface area contributed by atoms with Gasteiger partial charge in [0, 0.05) is 5.92 Å². The Kier molecular flexibility index (Phi) is 2.36. The van der Waals surface area contributed by atoms with E-state index in [2.05, 4.69) is 0 Å². The summed E-state index contributed by atoms with van der Waals surface area (Å²) >= 11 is 0. The predicted octanol–water partition coefficient (Wildman–Crippen LogP) is 0.406. The van der Waals surface area contributed by atoms with E-state index in [4.69, 9.17) is 15.2 Å². The van der Waals surface area contributed by atoms with Crippen molar-refractivity contribution in [2.75, 3.05) is 0 Å². The molecule has 1 aliphatic rings. The highest BCUT2D eigenvalue weighted by Crippen LogP contribution is 2.22. The van der Waals surface area contributed by atoms with Crippen LogP contribution in [-0.4, -0.2) is 22.3 Å². The zero-order chi connectivity index (χ0) is 8.43. The Morgan fingerprint density at radius 1 is 1.45 bits per heavy atom. The molecule has 4 heteroatoms. The highest BCUT2D eigenvalue weighted by Gasteiger charge is 2.21. The van der Waals surface area contributed by atoms with Crippen molar-refractivity contribution in [1.82, 2.24) is 0 Å². The average Bonchev–Trinajstić information content (AvgIpc) is 1.94. The molecule has 3 N–H and O–H groups in total. The van der Waals surface area contributed by atoms with Crippen LogP contribution in [0.2, 0.25) is 0 Å². The van der Waals surface area contributed by atoms with Crippen LogP contribution in [0.5, 0.6) is 0 Å². The van der Waals surface area contributed by atoms with E-state index in [-0.39, 0.29) is 5.92 Å². The molecule has 0 amide bonds. The molecule has 1 aliphatic carbocycles. The van der Waals surface area contributed by atoms with Gasteiger partial charge in [-0.25, -0.2) is 0 Å². The molecule has 1 unspecified atom stereocenters. The first-order valence-corrected chi connectivity index (χ1v) is 3.57. The van der Waals surface area contributed by atoms with E-state index in [1.807, 2.05) is 6.92 Å². The van der Waals surface area contributed by atoms with Gasteiger partial charge >= 0.3 is 7.12 Å². The first-order valence-electron chi connectivity index (χ1n) is 3.57. The minimum Gasteiger partial charge on any atom is -0.512 e. The molecule has 0 bridgehead atoms. The van der Waals surface area contributed by atoms with Crippen molar-refractivity contribution in [3.63, 3.8) is 0 Å². The highest BCUT2D eigenvalue weighted by molar-refractivity contribution is 6.50. The Balaban J connectivity index is 2.73. The second-order valence-corrected chi connectivity index (χ2v) is 2.81. The molecular formula is C7H11BO3. The van der Waals surface area contributed by atoms with Crippen LogP contribution >= 0.6 is 0 Å². The van der Waals surface area contributed by atoms with Gasteiger partial charge in [-0.05, 0) is 18.0 Å². The Bertz CT molecular complexity index is 208. The van der Waals surface area contributed by atoms with E-state index < -0.39 is 7.12 Å². The Morgan fingerprint density at radius 3 is 2.55 bits per heavy atom. The lowest BCUT2D eigenvalue weighted by Crippen LogP contribution is -2.20. The summed E-state index contributed by atoms with van der Waals surface area (Å²) in [5, 5.41) is 26.6. The summed E-state index contributed by atoms with van der Waals surface area (Å²) in [4.78, 5) is 0. The summed E-state index contributed by atoms with van der Waals surface area (Å²) in [5.41, 5.74) is 0.551. The van der Waals surface area contributed by atoms with Crippen molar-refractivity contribution in [3.05, 3.63) is 23.4 Å². The Labute approximate surface area is 65.8 Å². The summed E-state index contributed by atoms with van der Waals surface area (Å²) in [6, 6.07) is 0. The lowest BCUT2D eigenvalue weighted by atomic mass is 9.72. The summed E-state index contributed by atoms with van der Waals surface area (Å²) in [6.07, 6.45) is 3.56. The van der Waals surface area contributed by atoms with E-state index in [1.54, 1.807) is 6.08 Å². The van der Waals surface area contributed by atoms with E-state index in [0.717, 1.165) is 0 Å². The first-order chi connectivity index (χ1) is 5.11. The molecule has 0 aromatic rings.